The summed E-state index contributed by atoms with van der Waals surface area (Å²) >= 11 is 12.0. The number of aromatic nitrogens is 6. The molecule has 0 aliphatic carbocycles. The van der Waals surface area contributed by atoms with Crippen molar-refractivity contribution >= 4 is 55.3 Å². The summed E-state index contributed by atoms with van der Waals surface area (Å²) in [5, 5.41) is 4.85. The third-order valence-electron chi connectivity index (χ3n) is 8.16. The molecule has 2 fully saturated rings. The molecule has 2 aliphatic rings. The van der Waals surface area contributed by atoms with Crippen LogP contribution in [0.25, 0.3) is 22.1 Å². The molecule has 6 heterocycles. The van der Waals surface area contributed by atoms with Gasteiger partial charge >= 0.3 is 6.18 Å². The van der Waals surface area contributed by atoms with E-state index >= 15 is 0 Å². The minimum Gasteiger partial charge on any atom is -0.329 e. The Morgan fingerprint density at radius 3 is 1.91 bits per heavy atom. The fraction of sp³-hybridized carbons (Fsp3) is 0.571. The topological polar surface area (TPSA) is 111 Å². The van der Waals surface area contributed by atoms with Crippen molar-refractivity contribution in [1.82, 2.24) is 38.7 Å². The molecule has 2 saturated heterocycles. The van der Waals surface area contributed by atoms with Gasteiger partial charge in [0.05, 0.1) is 17.0 Å². The van der Waals surface area contributed by atoms with E-state index in [1.54, 1.807) is 4.31 Å². The van der Waals surface area contributed by atoms with Crippen molar-refractivity contribution in [2.24, 2.45) is 11.8 Å². The molecule has 0 atom stereocenters. The number of piperidine rings is 2. The van der Waals surface area contributed by atoms with Crippen LogP contribution >= 0.6 is 23.2 Å². The minimum atomic E-state index is -4.43. The lowest BCUT2D eigenvalue weighted by molar-refractivity contribution is -0.143. The second-order valence-electron chi connectivity index (χ2n) is 11.1. The smallest absolute Gasteiger partial charge is 0.329 e. The summed E-state index contributed by atoms with van der Waals surface area (Å²) in [5.74, 6) is 0.651. The highest BCUT2D eigenvalue weighted by atomic mass is 35.5. The van der Waals surface area contributed by atoms with Gasteiger partial charge in [-0.15, -0.1) is 0 Å². The van der Waals surface area contributed by atoms with Gasteiger partial charge in [-0.2, -0.15) is 13.2 Å². The van der Waals surface area contributed by atoms with Crippen molar-refractivity contribution in [3.63, 3.8) is 0 Å². The summed E-state index contributed by atoms with van der Waals surface area (Å²) in [6, 6.07) is 3.04. The number of hydrogen-bond acceptors (Lipinski definition) is 7. The second-order valence-corrected chi connectivity index (χ2v) is 13.8. The molecule has 242 valence electrons. The van der Waals surface area contributed by atoms with Crippen LogP contribution in [0, 0.1) is 18.8 Å². The molecule has 4 aromatic rings. The Morgan fingerprint density at radius 2 is 1.36 bits per heavy atom. The van der Waals surface area contributed by atoms with Crippen LogP contribution in [0.4, 0.5) is 13.2 Å². The zero-order valence-corrected chi connectivity index (χ0v) is 26.1. The highest BCUT2D eigenvalue weighted by Gasteiger charge is 2.37. The molecule has 0 spiro atoms. The second kappa shape index (κ2) is 13.9. The SMILES string of the molecule is C.Cc1cc2c(Cl)ncnc2n1CC1CCN(S(C)(=O)=O)CC1.FC(F)(F)c1cc2c(Cl)ncnc2n1CC1CCNCC1. The van der Waals surface area contributed by atoms with Crippen LogP contribution in [-0.4, -0.2) is 74.2 Å². The van der Waals surface area contributed by atoms with E-state index in [1.165, 1.54) is 23.5 Å². The van der Waals surface area contributed by atoms with Crippen molar-refractivity contribution in [2.45, 2.75) is 59.3 Å². The average molecular weight is 678 g/mol. The molecule has 2 aliphatic heterocycles. The molecule has 0 radical (unpaired) electrons. The van der Waals surface area contributed by atoms with Gasteiger partial charge in [-0.05, 0) is 69.7 Å². The first kappa shape index (κ1) is 34.4. The first-order valence-corrected chi connectivity index (χ1v) is 16.6. The number of alkyl halides is 3. The molecule has 6 rings (SSSR count). The summed E-state index contributed by atoms with van der Waals surface area (Å²) < 4.78 is 67.8. The molecular weight excluding hydrogens is 640 g/mol. The Balaban J connectivity index is 0.000000197. The summed E-state index contributed by atoms with van der Waals surface area (Å²) in [6.07, 6.45) is 2.96. The normalized spacial score (nSPS) is 17.4. The van der Waals surface area contributed by atoms with Gasteiger partial charge in [-0.1, -0.05) is 30.6 Å². The van der Waals surface area contributed by atoms with E-state index in [0.717, 1.165) is 68.1 Å². The monoisotopic (exact) mass is 676 g/mol. The quantitative estimate of drug-likeness (QED) is 0.266. The lowest BCUT2D eigenvalue weighted by Gasteiger charge is -2.30. The average Bonchev–Trinajstić information content (AvgIpc) is 3.49. The van der Waals surface area contributed by atoms with Gasteiger partial charge in [0.15, 0.2) is 0 Å². The Labute approximate surface area is 265 Å². The van der Waals surface area contributed by atoms with Crippen LogP contribution in [0.5, 0.6) is 0 Å². The number of nitrogens with one attached hydrogen (secondary N) is 1. The van der Waals surface area contributed by atoms with Gasteiger partial charge in [0.25, 0.3) is 0 Å². The molecule has 10 nitrogen and oxygen atoms in total. The van der Waals surface area contributed by atoms with E-state index in [1.807, 2.05) is 13.0 Å². The highest BCUT2D eigenvalue weighted by molar-refractivity contribution is 7.88. The van der Waals surface area contributed by atoms with Crippen LogP contribution in [-0.2, 0) is 29.3 Å². The number of rotatable bonds is 5. The Bertz CT molecular complexity index is 1700. The zero-order valence-electron chi connectivity index (χ0n) is 23.8. The standard InChI is InChI=1S/C14H19ClN4O2S.C13H14ClF3N4.CH4/c1-10-7-12-13(15)16-9-17-14(12)19(10)8-11-3-5-18(6-4-11)22(2,20)21;14-11-9-5-10(13(15,16)17)21(12(9)20-7-19-11)6-8-1-3-18-4-2-8;/h7,9,11H,3-6,8H2,1-2H3;5,7-8,18H,1-4,6H2;1H4. The first-order chi connectivity index (χ1) is 20.3. The Hall–Kier alpha value is -2.52. The number of sulfonamides is 1. The van der Waals surface area contributed by atoms with Crippen LogP contribution in [0.15, 0.2) is 24.8 Å². The van der Waals surface area contributed by atoms with E-state index in [9.17, 15) is 21.6 Å². The molecule has 0 aromatic carbocycles. The van der Waals surface area contributed by atoms with Gasteiger partial charge in [-0.3, -0.25) is 0 Å². The van der Waals surface area contributed by atoms with Gasteiger partial charge < -0.3 is 14.5 Å². The molecule has 0 amide bonds. The maximum atomic E-state index is 13.2. The van der Waals surface area contributed by atoms with Crippen molar-refractivity contribution < 1.29 is 21.6 Å². The third kappa shape index (κ3) is 7.64. The minimum absolute atomic E-state index is 0. The summed E-state index contributed by atoms with van der Waals surface area (Å²) in [7, 11) is -3.07. The molecule has 44 heavy (non-hydrogen) atoms. The summed E-state index contributed by atoms with van der Waals surface area (Å²) in [6.45, 7) is 6.02. The van der Waals surface area contributed by atoms with Gasteiger partial charge in [-0.25, -0.2) is 32.7 Å². The van der Waals surface area contributed by atoms with Crippen molar-refractivity contribution in [3.05, 3.63) is 46.5 Å². The molecule has 1 N–H and O–H groups in total. The van der Waals surface area contributed by atoms with E-state index in [0.29, 0.717) is 30.7 Å². The molecule has 0 unspecified atom stereocenters. The first-order valence-electron chi connectivity index (χ1n) is 14.0. The van der Waals surface area contributed by atoms with E-state index in [-0.39, 0.29) is 29.5 Å². The van der Waals surface area contributed by atoms with Gasteiger partial charge in [0, 0.05) is 31.9 Å². The van der Waals surface area contributed by atoms with Gasteiger partial charge in [0.1, 0.15) is 39.9 Å². The van der Waals surface area contributed by atoms with E-state index < -0.39 is 21.9 Å². The summed E-state index contributed by atoms with van der Waals surface area (Å²) in [5.41, 5.74) is 1.49. The van der Waals surface area contributed by atoms with Crippen LogP contribution in [0.1, 0.15) is 44.5 Å². The number of fused-ring (bicyclic) bond motifs is 2. The maximum absolute atomic E-state index is 13.2. The fourth-order valence-electron chi connectivity index (χ4n) is 5.85. The lowest BCUT2D eigenvalue weighted by Crippen LogP contribution is -2.38. The lowest BCUT2D eigenvalue weighted by atomic mass is 9.98. The van der Waals surface area contributed by atoms with Crippen molar-refractivity contribution in [3.8, 4) is 0 Å². The number of hydrogen-bond donors (Lipinski definition) is 1. The molecule has 4 aromatic heterocycles. The predicted molar refractivity (Wildman–Crippen MR) is 166 cm³/mol. The zero-order chi connectivity index (χ0) is 30.9. The molecule has 16 heteroatoms. The number of aryl methyl sites for hydroxylation is 1. The van der Waals surface area contributed by atoms with E-state index in [4.69, 9.17) is 23.2 Å². The number of nitrogens with zero attached hydrogens (tertiary/aromatic N) is 7. The Kier molecular flexibility index (Phi) is 10.8. The van der Waals surface area contributed by atoms with E-state index in [2.05, 4.69) is 29.8 Å². The highest BCUT2D eigenvalue weighted by Crippen LogP contribution is 2.36. The van der Waals surface area contributed by atoms with Crippen LogP contribution in [0.2, 0.25) is 10.3 Å². The van der Waals surface area contributed by atoms with Crippen molar-refractivity contribution in [2.75, 3.05) is 32.4 Å². The molecule has 0 saturated carbocycles. The predicted octanol–water partition coefficient (Wildman–Crippen LogP) is 5.80. The Morgan fingerprint density at radius 1 is 0.864 bits per heavy atom. The third-order valence-corrected chi connectivity index (χ3v) is 10.1. The van der Waals surface area contributed by atoms with Crippen LogP contribution in [0.3, 0.4) is 0 Å². The summed E-state index contributed by atoms with van der Waals surface area (Å²) in [4.78, 5) is 16.1. The fourth-order valence-corrected chi connectivity index (χ4v) is 7.09. The van der Waals surface area contributed by atoms with Crippen LogP contribution < -0.4 is 5.32 Å². The maximum Gasteiger partial charge on any atom is 0.431 e. The van der Waals surface area contributed by atoms with Crippen molar-refractivity contribution in [1.29, 1.82) is 0 Å². The largest absolute Gasteiger partial charge is 0.431 e. The number of halogens is 5. The van der Waals surface area contributed by atoms with Gasteiger partial charge in [0.2, 0.25) is 10.0 Å². The molecular formula is C28H37Cl2F3N8O2S. The molecule has 0 bridgehead atoms.